The molecule has 1 aliphatic heterocycles. The van der Waals surface area contributed by atoms with Crippen molar-refractivity contribution in [3.8, 4) is 11.5 Å². The molecule has 0 bridgehead atoms. The number of rotatable bonds is 10. The van der Waals surface area contributed by atoms with Crippen LogP contribution in [0.2, 0.25) is 0 Å². The third-order valence-corrected chi connectivity index (χ3v) is 6.09. The summed E-state index contributed by atoms with van der Waals surface area (Å²) in [4.78, 5) is 29.3. The highest BCUT2D eigenvalue weighted by Crippen LogP contribution is 2.43. The molecular formula is C28H37N2O5+. The van der Waals surface area contributed by atoms with Crippen molar-refractivity contribution in [1.82, 2.24) is 4.90 Å². The second-order valence-corrected chi connectivity index (χ2v) is 9.73. The molecule has 7 nitrogen and oxygen atoms in total. The SMILES string of the molecule is COc1ccccc1C1C(=C(O)c2ccc(OCC(C)C)cc2C)C(=O)C(=O)N1CCC[NH+](C)C. The smallest absolute Gasteiger partial charge is 0.295 e. The minimum absolute atomic E-state index is 0.0793. The lowest BCUT2D eigenvalue weighted by Gasteiger charge is -2.26. The van der Waals surface area contributed by atoms with E-state index in [0.29, 0.717) is 41.7 Å². The number of quaternary nitrogens is 1. The van der Waals surface area contributed by atoms with Crippen LogP contribution < -0.4 is 14.4 Å². The molecular weight excluding hydrogens is 444 g/mol. The molecule has 0 aromatic heterocycles. The van der Waals surface area contributed by atoms with E-state index in [1.54, 1.807) is 30.2 Å². The zero-order chi connectivity index (χ0) is 25.7. The van der Waals surface area contributed by atoms with E-state index in [2.05, 4.69) is 13.8 Å². The summed E-state index contributed by atoms with van der Waals surface area (Å²) >= 11 is 0. The summed E-state index contributed by atoms with van der Waals surface area (Å²) in [6, 6.07) is 11.9. The van der Waals surface area contributed by atoms with Crippen LogP contribution in [0, 0.1) is 12.8 Å². The average molecular weight is 482 g/mol. The monoisotopic (exact) mass is 481 g/mol. The minimum atomic E-state index is -0.737. The Balaban J connectivity index is 2.09. The number of hydrogen-bond donors (Lipinski definition) is 2. The molecule has 7 heteroatoms. The molecule has 1 saturated heterocycles. The predicted octanol–water partition coefficient (Wildman–Crippen LogP) is 2.99. The van der Waals surface area contributed by atoms with E-state index in [9.17, 15) is 14.7 Å². The van der Waals surface area contributed by atoms with Gasteiger partial charge in [0.25, 0.3) is 11.7 Å². The summed E-state index contributed by atoms with van der Waals surface area (Å²) in [5.41, 5.74) is 2.00. The maximum atomic E-state index is 13.3. The highest BCUT2D eigenvalue weighted by molar-refractivity contribution is 6.46. The Morgan fingerprint density at radius 2 is 1.86 bits per heavy atom. The Hall–Kier alpha value is -3.32. The molecule has 2 aromatic carbocycles. The van der Waals surface area contributed by atoms with Crippen LogP contribution in [0.25, 0.3) is 5.76 Å². The van der Waals surface area contributed by atoms with Crippen LogP contribution in [0.3, 0.4) is 0 Å². The van der Waals surface area contributed by atoms with Crippen molar-refractivity contribution in [2.75, 3.05) is 40.9 Å². The molecule has 1 aliphatic rings. The Morgan fingerprint density at radius 1 is 1.14 bits per heavy atom. The Kier molecular flexibility index (Phi) is 8.57. The number of carbonyl (C=O) groups is 2. The number of likely N-dealkylation sites (tertiary alicyclic amines) is 1. The first-order valence-corrected chi connectivity index (χ1v) is 12.1. The molecule has 2 N–H and O–H groups in total. The van der Waals surface area contributed by atoms with Crippen LogP contribution in [0.15, 0.2) is 48.0 Å². The lowest BCUT2D eigenvalue weighted by atomic mass is 9.93. The van der Waals surface area contributed by atoms with Gasteiger partial charge in [0.2, 0.25) is 0 Å². The van der Waals surface area contributed by atoms with Crippen LogP contribution >= 0.6 is 0 Å². The topological polar surface area (TPSA) is 80.5 Å². The van der Waals surface area contributed by atoms with E-state index in [-0.39, 0.29) is 11.3 Å². The number of Topliss-reactive ketones (excluding diaryl/α,β-unsaturated/α-hetero) is 1. The zero-order valence-electron chi connectivity index (χ0n) is 21.6. The summed E-state index contributed by atoms with van der Waals surface area (Å²) in [7, 11) is 5.65. The first-order valence-electron chi connectivity index (χ1n) is 12.1. The number of ketones is 1. The maximum absolute atomic E-state index is 13.3. The molecule has 1 unspecified atom stereocenters. The van der Waals surface area contributed by atoms with Crippen LogP contribution in [-0.2, 0) is 9.59 Å². The van der Waals surface area contributed by atoms with Gasteiger partial charge in [0.1, 0.15) is 17.3 Å². The summed E-state index contributed by atoms with van der Waals surface area (Å²) in [6.07, 6.45) is 0.724. The number of benzene rings is 2. The summed E-state index contributed by atoms with van der Waals surface area (Å²) in [6.45, 7) is 7.83. The van der Waals surface area contributed by atoms with Crippen molar-refractivity contribution in [3.05, 3.63) is 64.7 Å². The number of amides is 1. The Morgan fingerprint density at radius 3 is 2.49 bits per heavy atom. The molecule has 35 heavy (non-hydrogen) atoms. The van der Waals surface area contributed by atoms with Gasteiger partial charge in [-0.3, -0.25) is 9.59 Å². The van der Waals surface area contributed by atoms with Crippen LogP contribution in [0.4, 0.5) is 0 Å². The first kappa shape index (κ1) is 26.3. The largest absolute Gasteiger partial charge is 0.507 e. The zero-order valence-corrected chi connectivity index (χ0v) is 21.6. The highest BCUT2D eigenvalue weighted by Gasteiger charge is 2.47. The second kappa shape index (κ2) is 11.4. The van der Waals surface area contributed by atoms with Gasteiger partial charge in [0.05, 0.1) is 46.0 Å². The Labute approximate surface area is 207 Å². The summed E-state index contributed by atoms with van der Waals surface area (Å²) in [5.74, 6) is 0.159. The molecule has 2 aromatic rings. The molecule has 0 aliphatic carbocycles. The first-order chi connectivity index (χ1) is 16.6. The lowest BCUT2D eigenvalue weighted by Crippen LogP contribution is -3.05. The van der Waals surface area contributed by atoms with Gasteiger partial charge < -0.3 is 24.4 Å². The van der Waals surface area contributed by atoms with Crippen LogP contribution in [0.1, 0.15) is 43.0 Å². The van der Waals surface area contributed by atoms with Crippen molar-refractivity contribution in [3.63, 3.8) is 0 Å². The van der Waals surface area contributed by atoms with E-state index in [0.717, 1.165) is 18.5 Å². The molecule has 0 spiro atoms. The predicted molar refractivity (Wildman–Crippen MR) is 136 cm³/mol. The lowest BCUT2D eigenvalue weighted by molar-refractivity contribution is -0.858. The number of aryl methyl sites for hydroxylation is 1. The minimum Gasteiger partial charge on any atom is -0.507 e. The van der Waals surface area contributed by atoms with Gasteiger partial charge in [0, 0.05) is 24.1 Å². The fraction of sp³-hybridized carbons (Fsp3) is 0.429. The van der Waals surface area contributed by atoms with Gasteiger partial charge in [-0.05, 0) is 42.7 Å². The number of nitrogens with zero attached hydrogens (tertiary/aromatic N) is 1. The van der Waals surface area contributed by atoms with Gasteiger partial charge >= 0.3 is 0 Å². The third kappa shape index (κ3) is 5.85. The highest BCUT2D eigenvalue weighted by atomic mass is 16.5. The second-order valence-electron chi connectivity index (χ2n) is 9.73. The fourth-order valence-electron chi connectivity index (χ4n) is 4.33. The van der Waals surface area contributed by atoms with Crippen molar-refractivity contribution >= 4 is 17.4 Å². The number of para-hydroxylation sites is 1. The molecule has 1 heterocycles. The quantitative estimate of drug-likeness (QED) is 0.310. The van der Waals surface area contributed by atoms with Crippen molar-refractivity contribution < 1.29 is 29.1 Å². The number of aliphatic hydroxyl groups excluding tert-OH is 1. The third-order valence-electron chi connectivity index (χ3n) is 6.09. The normalized spacial score (nSPS) is 17.5. The molecule has 1 amide bonds. The Bertz CT molecular complexity index is 1110. The molecule has 0 radical (unpaired) electrons. The van der Waals surface area contributed by atoms with Crippen molar-refractivity contribution in [1.29, 1.82) is 0 Å². The number of nitrogens with one attached hydrogen (secondary N) is 1. The van der Waals surface area contributed by atoms with Crippen molar-refractivity contribution in [2.24, 2.45) is 5.92 Å². The van der Waals surface area contributed by atoms with Gasteiger partial charge in [-0.25, -0.2) is 0 Å². The van der Waals surface area contributed by atoms with E-state index in [4.69, 9.17) is 9.47 Å². The summed E-state index contributed by atoms with van der Waals surface area (Å²) < 4.78 is 11.4. The van der Waals surface area contributed by atoms with Crippen LogP contribution in [-0.4, -0.2) is 62.6 Å². The van der Waals surface area contributed by atoms with E-state index in [1.165, 1.54) is 4.90 Å². The van der Waals surface area contributed by atoms with Gasteiger partial charge in [0.15, 0.2) is 0 Å². The van der Waals surface area contributed by atoms with E-state index in [1.807, 2.05) is 45.3 Å². The average Bonchev–Trinajstić information content (AvgIpc) is 3.07. The van der Waals surface area contributed by atoms with E-state index < -0.39 is 17.7 Å². The summed E-state index contributed by atoms with van der Waals surface area (Å²) in [5, 5.41) is 11.4. The van der Waals surface area contributed by atoms with Crippen molar-refractivity contribution in [2.45, 2.75) is 33.2 Å². The standard InChI is InChI=1S/C28H36N2O5/c1-18(2)17-35-20-12-13-21(19(3)16-20)26(31)24-25(22-10-7-8-11-23(22)34-6)30(28(33)27(24)32)15-9-14-29(4)5/h7-8,10-13,16,18,25,31H,9,14-15,17H2,1-6H3/p+1. The fourth-order valence-corrected chi connectivity index (χ4v) is 4.33. The van der Waals surface area contributed by atoms with Gasteiger partial charge in [-0.1, -0.05) is 32.0 Å². The molecule has 1 atom stereocenters. The number of hydrogen-bond acceptors (Lipinski definition) is 5. The van der Waals surface area contributed by atoms with Gasteiger partial charge in [-0.15, -0.1) is 0 Å². The number of ether oxygens (including phenoxy) is 2. The van der Waals surface area contributed by atoms with E-state index >= 15 is 0 Å². The maximum Gasteiger partial charge on any atom is 0.295 e. The van der Waals surface area contributed by atoms with Crippen LogP contribution in [0.5, 0.6) is 11.5 Å². The molecule has 188 valence electrons. The molecule has 0 saturated carbocycles. The number of aliphatic hydroxyl groups is 1. The molecule has 1 fully saturated rings. The van der Waals surface area contributed by atoms with Gasteiger partial charge in [-0.2, -0.15) is 0 Å². The molecule has 3 rings (SSSR count). The number of methoxy groups -OCH3 is 1. The number of carbonyl (C=O) groups excluding carboxylic acids is 2.